The molecule has 0 aliphatic heterocycles. The van der Waals surface area contributed by atoms with Gasteiger partial charge in [-0.2, -0.15) is 0 Å². The Labute approximate surface area is 109 Å². The van der Waals surface area contributed by atoms with E-state index < -0.39 is 7.60 Å². The normalized spacial score (nSPS) is 14.7. The molecule has 3 N–H and O–H groups in total. The molecule has 0 bridgehead atoms. The maximum atomic E-state index is 11.3. The smallest absolute Gasteiger partial charge is 0.349 e. The quantitative estimate of drug-likeness (QED) is 0.623. The van der Waals surface area contributed by atoms with Crippen LogP contribution in [0.1, 0.15) is 40.5 Å². The van der Waals surface area contributed by atoms with Gasteiger partial charge in [0.25, 0.3) is 0 Å². The van der Waals surface area contributed by atoms with E-state index in [1.165, 1.54) is 0 Å². The van der Waals surface area contributed by atoms with Gasteiger partial charge in [-0.1, -0.05) is 26.3 Å². The van der Waals surface area contributed by atoms with E-state index in [-0.39, 0.29) is 17.7 Å². The average Bonchev–Trinajstić information content (AvgIpc) is 2.20. The molecule has 1 amide bonds. The molecule has 106 valence electrons. The highest BCUT2D eigenvalue weighted by molar-refractivity contribution is 7.55. The van der Waals surface area contributed by atoms with Gasteiger partial charge in [0.1, 0.15) is 0 Å². The van der Waals surface area contributed by atoms with E-state index in [1.807, 2.05) is 20.8 Å². The van der Waals surface area contributed by atoms with Gasteiger partial charge < -0.3 is 15.1 Å². The van der Waals surface area contributed by atoms with E-state index in [9.17, 15) is 9.36 Å². The van der Waals surface area contributed by atoms with Crippen molar-refractivity contribution in [1.82, 2.24) is 5.32 Å². The monoisotopic (exact) mass is 277 g/mol. The summed E-state index contributed by atoms with van der Waals surface area (Å²) in [5.74, 6) is 1.30. The zero-order valence-corrected chi connectivity index (χ0v) is 12.4. The van der Waals surface area contributed by atoms with Gasteiger partial charge in [-0.3, -0.25) is 9.36 Å². The minimum absolute atomic E-state index is 0.0199. The molecule has 0 saturated carbocycles. The lowest BCUT2D eigenvalue weighted by molar-refractivity contribution is -0.124. The Morgan fingerprint density at radius 1 is 1.33 bits per heavy atom. The van der Waals surface area contributed by atoms with Crippen LogP contribution < -0.4 is 5.32 Å². The van der Waals surface area contributed by atoms with Crippen molar-refractivity contribution in [1.29, 1.82) is 0 Å². The van der Waals surface area contributed by atoms with Gasteiger partial charge in [-0.05, 0) is 25.7 Å². The Hall–Kier alpha value is -0.640. The highest BCUT2D eigenvalue weighted by Gasteiger charge is 2.11. The van der Waals surface area contributed by atoms with Crippen LogP contribution in [0.2, 0.25) is 0 Å². The molecule has 0 spiro atoms. The fraction of sp³-hybridized carbons (Fsp3) is 0.750. The Morgan fingerprint density at radius 3 is 2.33 bits per heavy atom. The van der Waals surface area contributed by atoms with Crippen LogP contribution >= 0.6 is 7.60 Å². The molecule has 0 aromatic heterocycles. The number of nitrogens with one attached hydrogen (secondary N) is 1. The summed E-state index contributed by atoms with van der Waals surface area (Å²) in [6.45, 7) is 7.99. The number of carbonyl (C=O) groups is 1. The van der Waals surface area contributed by atoms with Crippen LogP contribution in [0.4, 0.5) is 0 Å². The van der Waals surface area contributed by atoms with Crippen molar-refractivity contribution >= 4 is 13.5 Å². The lowest BCUT2D eigenvalue weighted by Crippen LogP contribution is -2.31. The highest BCUT2D eigenvalue weighted by Crippen LogP contribution is 2.38. The van der Waals surface area contributed by atoms with Crippen molar-refractivity contribution in [3.63, 3.8) is 0 Å². The maximum Gasteiger partial charge on any atom is 0.349 e. The first-order chi connectivity index (χ1) is 8.11. The molecule has 18 heavy (non-hydrogen) atoms. The van der Waals surface area contributed by atoms with Gasteiger partial charge >= 0.3 is 7.60 Å². The van der Waals surface area contributed by atoms with Crippen molar-refractivity contribution in [3.05, 3.63) is 11.4 Å². The lowest BCUT2D eigenvalue weighted by atomic mass is 10.0. The standard InChI is InChI=1S/C12H24NO4P/c1-9(2)12(14)13-7-10(3)5-6-11(4)8-18(15,16)17/h8-10H,5-7H2,1-4H3,(H,13,14)(H2,15,16,17)/b11-8+. The summed E-state index contributed by atoms with van der Waals surface area (Å²) in [6, 6.07) is 0. The third kappa shape index (κ3) is 9.40. The number of hydrogen-bond donors (Lipinski definition) is 3. The van der Waals surface area contributed by atoms with E-state index in [0.717, 1.165) is 12.2 Å². The molecule has 0 aromatic carbocycles. The Kier molecular flexibility index (Phi) is 7.45. The molecule has 1 unspecified atom stereocenters. The molecule has 0 aliphatic carbocycles. The number of allylic oxidation sites excluding steroid dienone is 1. The molecule has 0 aliphatic rings. The number of amides is 1. The Morgan fingerprint density at radius 2 is 1.89 bits per heavy atom. The highest BCUT2D eigenvalue weighted by atomic mass is 31.2. The molecule has 0 heterocycles. The SMILES string of the molecule is C/C(=C\P(=O)(O)O)CCC(C)CNC(=O)C(C)C. The van der Waals surface area contributed by atoms with E-state index in [2.05, 4.69) is 5.32 Å². The predicted octanol–water partition coefficient (Wildman–Crippen LogP) is 2.26. The van der Waals surface area contributed by atoms with Crippen molar-refractivity contribution in [3.8, 4) is 0 Å². The lowest BCUT2D eigenvalue weighted by Gasteiger charge is -2.14. The number of rotatable bonds is 7. The van der Waals surface area contributed by atoms with Gasteiger partial charge in [0.2, 0.25) is 5.91 Å². The van der Waals surface area contributed by atoms with E-state index >= 15 is 0 Å². The maximum absolute atomic E-state index is 11.3. The molecule has 5 nitrogen and oxygen atoms in total. The van der Waals surface area contributed by atoms with Crippen LogP contribution in [-0.2, 0) is 9.36 Å². The summed E-state index contributed by atoms with van der Waals surface area (Å²) >= 11 is 0. The first-order valence-electron chi connectivity index (χ1n) is 6.13. The number of hydrogen-bond acceptors (Lipinski definition) is 2. The zero-order chi connectivity index (χ0) is 14.3. The van der Waals surface area contributed by atoms with E-state index in [4.69, 9.17) is 9.79 Å². The molecular formula is C12H24NO4P. The van der Waals surface area contributed by atoms with Gasteiger partial charge in [-0.25, -0.2) is 0 Å². The van der Waals surface area contributed by atoms with E-state index in [1.54, 1.807) is 6.92 Å². The molecule has 0 fully saturated rings. The van der Waals surface area contributed by atoms with Crippen LogP contribution in [0, 0.1) is 11.8 Å². The Bertz CT molecular complexity index is 346. The molecule has 1 atom stereocenters. The summed E-state index contributed by atoms with van der Waals surface area (Å²) in [7, 11) is -4.06. The van der Waals surface area contributed by atoms with Crippen LogP contribution in [0.5, 0.6) is 0 Å². The summed E-state index contributed by atoms with van der Waals surface area (Å²) in [5, 5.41) is 2.84. The first-order valence-corrected chi connectivity index (χ1v) is 7.81. The average molecular weight is 277 g/mol. The molecule has 0 radical (unpaired) electrons. The summed E-state index contributed by atoms with van der Waals surface area (Å²) in [5.41, 5.74) is 0.686. The summed E-state index contributed by atoms with van der Waals surface area (Å²) in [6.07, 6.45) is 1.42. The molecular weight excluding hydrogens is 253 g/mol. The summed E-state index contributed by atoms with van der Waals surface area (Å²) in [4.78, 5) is 28.9. The number of carbonyl (C=O) groups excluding carboxylic acids is 1. The third-order valence-electron chi connectivity index (χ3n) is 2.57. The predicted molar refractivity (Wildman–Crippen MR) is 72.0 cm³/mol. The van der Waals surface area contributed by atoms with Crippen LogP contribution in [-0.4, -0.2) is 22.2 Å². The summed E-state index contributed by atoms with van der Waals surface area (Å²) < 4.78 is 10.7. The van der Waals surface area contributed by atoms with Crippen molar-refractivity contribution < 1.29 is 19.1 Å². The molecule has 6 heteroatoms. The van der Waals surface area contributed by atoms with Gasteiger partial charge in [0.05, 0.1) is 0 Å². The molecule has 0 rings (SSSR count). The second kappa shape index (κ2) is 7.72. The van der Waals surface area contributed by atoms with Crippen LogP contribution in [0.25, 0.3) is 0 Å². The van der Waals surface area contributed by atoms with Crippen LogP contribution in [0.3, 0.4) is 0 Å². The largest absolute Gasteiger partial charge is 0.356 e. The van der Waals surface area contributed by atoms with Crippen LogP contribution in [0.15, 0.2) is 11.4 Å². The fourth-order valence-electron chi connectivity index (χ4n) is 1.41. The van der Waals surface area contributed by atoms with Gasteiger partial charge in [0, 0.05) is 18.3 Å². The van der Waals surface area contributed by atoms with E-state index in [0.29, 0.717) is 18.5 Å². The molecule has 0 aromatic rings. The van der Waals surface area contributed by atoms with Gasteiger partial charge in [0.15, 0.2) is 0 Å². The third-order valence-corrected chi connectivity index (χ3v) is 3.35. The minimum atomic E-state index is -4.06. The minimum Gasteiger partial charge on any atom is -0.356 e. The van der Waals surface area contributed by atoms with Crippen molar-refractivity contribution in [2.45, 2.75) is 40.5 Å². The second-order valence-corrected chi connectivity index (χ2v) is 6.54. The Balaban J connectivity index is 3.98. The topological polar surface area (TPSA) is 86.6 Å². The molecule has 0 saturated heterocycles. The fourth-order valence-corrected chi connectivity index (χ4v) is 2.11. The zero-order valence-electron chi connectivity index (χ0n) is 11.5. The first kappa shape index (κ1) is 17.4. The van der Waals surface area contributed by atoms with Crippen molar-refractivity contribution in [2.24, 2.45) is 11.8 Å². The second-order valence-electron chi connectivity index (χ2n) is 5.11. The van der Waals surface area contributed by atoms with Crippen molar-refractivity contribution in [2.75, 3.05) is 6.54 Å². The van der Waals surface area contributed by atoms with Gasteiger partial charge in [-0.15, -0.1) is 0 Å².